The minimum atomic E-state index is -1.62. The van der Waals surface area contributed by atoms with Gasteiger partial charge in [-0.25, -0.2) is 4.79 Å². The Hall–Kier alpha value is -2.77. The minimum Gasteiger partial charge on any atom is -0.457 e. The minimum absolute atomic E-state index is 0.0130. The lowest BCUT2D eigenvalue weighted by Crippen LogP contribution is -2.62. The summed E-state index contributed by atoms with van der Waals surface area (Å²) in [5.74, 6) is -0.812. The molecule has 8 heteroatoms. The quantitative estimate of drug-likeness (QED) is 0.318. The van der Waals surface area contributed by atoms with Crippen molar-refractivity contribution in [1.29, 1.82) is 0 Å². The zero-order valence-corrected chi connectivity index (χ0v) is 24.7. The molecule has 0 aromatic heterocycles. The van der Waals surface area contributed by atoms with Gasteiger partial charge in [-0.1, -0.05) is 58.1 Å². The maximum atomic E-state index is 14.0. The molecule has 0 spiro atoms. The molecule has 6 atom stereocenters. The monoisotopic (exact) mass is 568 g/mol. The zero-order valence-electron chi connectivity index (χ0n) is 24.7. The van der Waals surface area contributed by atoms with E-state index < -0.39 is 40.9 Å². The molecule has 41 heavy (non-hydrogen) atoms. The van der Waals surface area contributed by atoms with Gasteiger partial charge in [0.2, 0.25) is 5.78 Å². The lowest BCUT2D eigenvalue weighted by atomic mass is 9.46. The van der Waals surface area contributed by atoms with Gasteiger partial charge in [0, 0.05) is 29.6 Å². The number of ketones is 3. The second kappa shape index (κ2) is 11.5. The molecule has 5 aliphatic rings. The van der Waals surface area contributed by atoms with E-state index >= 15 is 0 Å². The molecule has 4 saturated carbocycles. The third kappa shape index (κ3) is 5.20. The van der Waals surface area contributed by atoms with E-state index in [1.165, 1.54) is 12.8 Å². The Bertz CT molecular complexity index is 1160. The van der Waals surface area contributed by atoms with Crippen LogP contribution in [-0.4, -0.2) is 48.3 Å². The van der Waals surface area contributed by atoms with Crippen LogP contribution in [0.15, 0.2) is 23.8 Å². The van der Waals surface area contributed by atoms with Crippen molar-refractivity contribution in [2.45, 2.75) is 103 Å². The Morgan fingerprint density at radius 3 is 2.51 bits per heavy atom. The van der Waals surface area contributed by atoms with Crippen molar-refractivity contribution in [3.8, 4) is 0 Å². The highest BCUT2D eigenvalue weighted by atomic mass is 16.7. The van der Waals surface area contributed by atoms with Crippen molar-refractivity contribution in [2.24, 2.45) is 34.5 Å². The van der Waals surface area contributed by atoms with Crippen LogP contribution in [0.1, 0.15) is 97.8 Å². The molecule has 4 fully saturated rings. The average molecular weight is 569 g/mol. The predicted octanol–water partition coefficient (Wildman–Crippen LogP) is 5.86. The van der Waals surface area contributed by atoms with Crippen molar-refractivity contribution in [3.05, 3.63) is 23.8 Å². The molecule has 0 aliphatic heterocycles. The van der Waals surface area contributed by atoms with Crippen LogP contribution < -0.4 is 0 Å². The van der Waals surface area contributed by atoms with Crippen molar-refractivity contribution in [2.75, 3.05) is 13.2 Å². The maximum Gasteiger partial charge on any atom is 0.509 e. The van der Waals surface area contributed by atoms with Crippen LogP contribution in [0.3, 0.4) is 0 Å². The normalized spacial score (nSPS) is 36.2. The van der Waals surface area contributed by atoms with Gasteiger partial charge in [-0.15, -0.1) is 0 Å². The molecule has 0 heterocycles. The molecule has 0 N–H and O–H groups in total. The number of hydrogen-bond acceptors (Lipinski definition) is 8. The number of allylic oxidation sites excluding steroid dienone is 4. The Labute approximate surface area is 242 Å². The smallest absolute Gasteiger partial charge is 0.457 e. The van der Waals surface area contributed by atoms with Gasteiger partial charge in [0.1, 0.15) is 5.78 Å². The second-order valence-corrected chi connectivity index (χ2v) is 13.4. The summed E-state index contributed by atoms with van der Waals surface area (Å²) >= 11 is 0. The number of esters is 1. The standard InChI is InChI=1S/C33H44O8/c1-4-17-39-30(38)41-33(27(36)20-40-28(37)12-9-21-7-5-6-8-21)16-14-25-24-11-10-22-18-23(34)13-15-31(22,2)29(24)26(35)19-32(25,33)3/h13,15,18,21,24-25,29H,4-12,14,16-17,19-20H2,1-3H3/t24-,25-,29+,31-,32-,33-/m0/s1. The number of carbonyl (C=O) groups is 5. The first-order chi connectivity index (χ1) is 19.5. The maximum absolute atomic E-state index is 14.0. The molecule has 0 unspecified atom stereocenters. The highest BCUT2D eigenvalue weighted by molar-refractivity contribution is 6.02. The zero-order chi connectivity index (χ0) is 29.4. The molecular weight excluding hydrogens is 524 g/mol. The third-order valence-corrected chi connectivity index (χ3v) is 11.1. The van der Waals surface area contributed by atoms with Gasteiger partial charge < -0.3 is 14.2 Å². The van der Waals surface area contributed by atoms with Gasteiger partial charge in [-0.2, -0.15) is 0 Å². The van der Waals surface area contributed by atoms with E-state index in [0.717, 1.165) is 31.3 Å². The van der Waals surface area contributed by atoms with Gasteiger partial charge in [0.05, 0.1) is 6.61 Å². The summed E-state index contributed by atoms with van der Waals surface area (Å²) in [5, 5.41) is 0. The lowest BCUT2D eigenvalue weighted by molar-refractivity contribution is -0.176. The molecule has 0 saturated heterocycles. The van der Waals surface area contributed by atoms with Crippen LogP contribution in [0, 0.1) is 34.5 Å². The van der Waals surface area contributed by atoms with Crippen LogP contribution in [0.25, 0.3) is 0 Å². The Balaban J connectivity index is 1.38. The Morgan fingerprint density at radius 1 is 1.02 bits per heavy atom. The number of carbonyl (C=O) groups excluding carboxylic acids is 5. The summed E-state index contributed by atoms with van der Waals surface area (Å²) in [6.45, 7) is 5.45. The molecule has 0 radical (unpaired) electrons. The fourth-order valence-corrected chi connectivity index (χ4v) is 9.01. The fraction of sp³-hybridized carbons (Fsp3) is 0.727. The van der Waals surface area contributed by atoms with Crippen LogP contribution in [0.5, 0.6) is 0 Å². The van der Waals surface area contributed by atoms with E-state index in [1.54, 1.807) is 12.2 Å². The molecule has 224 valence electrons. The van der Waals surface area contributed by atoms with Crippen LogP contribution >= 0.6 is 0 Å². The highest BCUT2D eigenvalue weighted by Gasteiger charge is 2.70. The molecule has 0 amide bonds. The largest absolute Gasteiger partial charge is 0.509 e. The summed E-state index contributed by atoms with van der Waals surface area (Å²) in [5.41, 5.74) is -2.13. The van der Waals surface area contributed by atoms with E-state index in [2.05, 4.69) is 0 Å². The SMILES string of the molecule is CCCOC(=O)O[C@]1(C(=O)COC(=O)CCC2CCCC2)CC[C@H]2[C@@H]3CCC4=CC(=O)C=C[C@]4(C)[C@H]3C(=O)C[C@@]21C. The summed E-state index contributed by atoms with van der Waals surface area (Å²) in [7, 11) is 0. The molecule has 0 bridgehead atoms. The first kappa shape index (κ1) is 29.7. The predicted molar refractivity (Wildman–Crippen MR) is 150 cm³/mol. The number of rotatable bonds is 9. The molecule has 0 aromatic rings. The van der Waals surface area contributed by atoms with E-state index in [-0.39, 0.29) is 55.2 Å². The first-order valence-electron chi connectivity index (χ1n) is 15.6. The van der Waals surface area contributed by atoms with Gasteiger partial charge in [0.15, 0.2) is 18.0 Å². The molecule has 5 rings (SSSR count). The van der Waals surface area contributed by atoms with Crippen LogP contribution in [0.2, 0.25) is 0 Å². The van der Waals surface area contributed by atoms with Crippen molar-refractivity contribution >= 4 is 29.5 Å². The third-order valence-electron chi connectivity index (χ3n) is 11.1. The van der Waals surface area contributed by atoms with Gasteiger partial charge >= 0.3 is 12.1 Å². The molecule has 5 aliphatic carbocycles. The van der Waals surface area contributed by atoms with Crippen LogP contribution in [0.4, 0.5) is 4.79 Å². The number of ether oxygens (including phenoxy) is 3. The van der Waals surface area contributed by atoms with Crippen molar-refractivity contribution in [1.82, 2.24) is 0 Å². The van der Waals surface area contributed by atoms with Crippen molar-refractivity contribution < 1.29 is 38.2 Å². The lowest BCUT2D eigenvalue weighted by Gasteiger charge is -2.57. The van der Waals surface area contributed by atoms with E-state index in [0.29, 0.717) is 25.2 Å². The van der Waals surface area contributed by atoms with Gasteiger partial charge in [0.25, 0.3) is 0 Å². The van der Waals surface area contributed by atoms with E-state index in [1.807, 2.05) is 26.8 Å². The summed E-state index contributed by atoms with van der Waals surface area (Å²) < 4.78 is 16.7. The summed E-state index contributed by atoms with van der Waals surface area (Å²) in [6, 6.07) is 0. The van der Waals surface area contributed by atoms with Crippen molar-refractivity contribution in [3.63, 3.8) is 0 Å². The van der Waals surface area contributed by atoms with E-state index in [4.69, 9.17) is 14.2 Å². The second-order valence-electron chi connectivity index (χ2n) is 13.4. The number of hydrogen-bond donors (Lipinski definition) is 0. The van der Waals surface area contributed by atoms with Gasteiger partial charge in [-0.05, 0) is 68.4 Å². The number of fused-ring (bicyclic) bond motifs is 5. The Morgan fingerprint density at radius 2 is 1.78 bits per heavy atom. The molecular formula is C33H44O8. The Kier molecular flexibility index (Phi) is 8.32. The topological polar surface area (TPSA) is 113 Å². The summed E-state index contributed by atoms with van der Waals surface area (Å²) in [4.78, 5) is 65.6. The van der Waals surface area contributed by atoms with Gasteiger partial charge in [-0.3, -0.25) is 19.2 Å². The first-order valence-corrected chi connectivity index (χ1v) is 15.6. The summed E-state index contributed by atoms with van der Waals surface area (Å²) in [6.07, 6.45) is 12.8. The molecule has 0 aromatic carbocycles. The van der Waals surface area contributed by atoms with Crippen LogP contribution in [-0.2, 0) is 33.4 Å². The fourth-order valence-electron chi connectivity index (χ4n) is 9.01. The highest BCUT2D eigenvalue weighted by Crippen LogP contribution is 2.67. The molecule has 8 nitrogen and oxygen atoms in total. The number of Topliss-reactive ketones (excluding diaryl/α,β-unsaturated/α-hetero) is 2. The van der Waals surface area contributed by atoms with E-state index in [9.17, 15) is 24.0 Å². The average Bonchev–Trinajstić information content (AvgIpc) is 3.56.